The molecule has 1 amide bonds. The van der Waals surface area contributed by atoms with Gasteiger partial charge in [0.1, 0.15) is 12.4 Å². The third kappa shape index (κ3) is 8.72. The molecule has 0 atom stereocenters. The van der Waals surface area contributed by atoms with Crippen LogP contribution in [0.15, 0.2) is 107 Å². The number of benzene rings is 4. The highest BCUT2D eigenvalue weighted by atomic mass is 35.5. The van der Waals surface area contributed by atoms with Crippen LogP contribution in [0.4, 0.5) is 5.69 Å². The zero-order chi connectivity index (χ0) is 32.5. The van der Waals surface area contributed by atoms with Crippen LogP contribution in [-0.4, -0.2) is 42.7 Å². The third-order valence-electron chi connectivity index (χ3n) is 6.89. The Kier molecular flexibility index (Phi) is 10.7. The van der Waals surface area contributed by atoms with Crippen molar-refractivity contribution in [3.05, 3.63) is 124 Å². The van der Waals surface area contributed by atoms with Crippen LogP contribution < -0.4 is 14.8 Å². The van der Waals surface area contributed by atoms with Crippen molar-refractivity contribution in [1.29, 1.82) is 0 Å². The first kappa shape index (κ1) is 32.7. The van der Waals surface area contributed by atoms with E-state index >= 15 is 0 Å². The van der Waals surface area contributed by atoms with Crippen molar-refractivity contribution in [1.82, 2.24) is 4.98 Å². The van der Waals surface area contributed by atoms with Gasteiger partial charge in [0.05, 0.1) is 16.3 Å². The summed E-state index contributed by atoms with van der Waals surface area (Å²) in [6.07, 6.45) is 0.590. The van der Waals surface area contributed by atoms with E-state index in [1.807, 2.05) is 35.7 Å². The van der Waals surface area contributed by atoms with Crippen molar-refractivity contribution >= 4 is 50.3 Å². The lowest BCUT2D eigenvalue weighted by atomic mass is 10.1. The first-order chi connectivity index (χ1) is 22.2. The van der Waals surface area contributed by atoms with Crippen LogP contribution in [0.2, 0.25) is 5.02 Å². The molecule has 0 aliphatic heterocycles. The number of hydrogen-bond acceptors (Lipinski definition) is 8. The Morgan fingerprint density at radius 1 is 0.891 bits per heavy atom. The molecule has 0 spiro atoms. The first-order valence-corrected chi connectivity index (χ1v) is 17.1. The highest BCUT2D eigenvalue weighted by molar-refractivity contribution is 7.91. The Morgan fingerprint density at radius 3 is 2.39 bits per heavy atom. The van der Waals surface area contributed by atoms with Gasteiger partial charge in [0.2, 0.25) is 0 Å². The fourth-order valence-electron chi connectivity index (χ4n) is 4.60. The minimum atomic E-state index is -3.56. The molecule has 0 aliphatic carbocycles. The number of carboxylic acids is 1. The first-order valence-electron chi connectivity index (χ1n) is 14.2. The van der Waals surface area contributed by atoms with E-state index in [4.69, 9.17) is 26.2 Å². The number of amides is 1. The Bertz CT molecular complexity index is 1930. The number of carbonyl (C=O) groups is 2. The molecule has 12 heteroatoms. The number of thiazole rings is 1. The van der Waals surface area contributed by atoms with Gasteiger partial charge in [-0.15, -0.1) is 0 Å². The maximum Gasteiger partial charge on any atom is 0.341 e. The quantitative estimate of drug-likeness (QED) is 0.127. The molecule has 46 heavy (non-hydrogen) atoms. The third-order valence-corrected chi connectivity index (χ3v) is 9.71. The van der Waals surface area contributed by atoms with Crippen molar-refractivity contribution in [3.8, 4) is 22.2 Å². The maximum absolute atomic E-state index is 13.6. The Balaban J connectivity index is 1.30. The highest BCUT2D eigenvalue weighted by Crippen LogP contribution is 2.29. The normalized spacial score (nSPS) is 11.2. The summed E-state index contributed by atoms with van der Waals surface area (Å²) in [6.45, 7) is -0.461. The predicted octanol–water partition coefficient (Wildman–Crippen LogP) is 7.16. The van der Waals surface area contributed by atoms with Gasteiger partial charge < -0.3 is 19.9 Å². The molecule has 2 N–H and O–H groups in total. The van der Waals surface area contributed by atoms with Gasteiger partial charge in [-0.2, -0.15) is 0 Å². The fraction of sp³-hybridized carbons (Fsp3) is 0.147. The van der Waals surface area contributed by atoms with Gasteiger partial charge in [-0.1, -0.05) is 77.5 Å². The lowest BCUT2D eigenvalue weighted by Gasteiger charge is -2.15. The molecule has 236 valence electrons. The summed E-state index contributed by atoms with van der Waals surface area (Å²) in [5.74, 6) is -1.45. The summed E-state index contributed by atoms with van der Waals surface area (Å²) >= 11 is 7.26. The van der Waals surface area contributed by atoms with Crippen LogP contribution in [0.5, 0.6) is 10.9 Å². The fourth-order valence-corrected chi connectivity index (χ4v) is 6.72. The number of nitrogens with zero attached hydrogens (tertiary/aromatic N) is 1. The molecule has 0 aliphatic rings. The predicted molar refractivity (Wildman–Crippen MR) is 178 cm³/mol. The lowest BCUT2D eigenvalue weighted by molar-refractivity contribution is -0.139. The molecule has 0 bridgehead atoms. The van der Waals surface area contributed by atoms with Gasteiger partial charge in [-0.25, -0.2) is 18.2 Å². The summed E-state index contributed by atoms with van der Waals surface area (Å²) in [4.78, 5) is 29.4. The smallest absolute Gasteiger partial charge is 0.341 e. The van der Waals surface area contributed by atoms with Crippen LogP contribution >= 0.6 is 22.9 Å². The van der Waals surface area contributed by atoms with Crippen molar-refractivity contribution in [2.24, 2.45) is 0 Å². The van der Waals surface area contributed by atoms with Crippen LogP contribution in [0, 0.1) is 0 Å². The number of aryl methyl sites for hydroxylation is 1. The molecule has 1 aromatic heterocycles. The average Bonchev–Trinajstić information content (AvgIpc) is 3.53. The van der Waals surface area contributed by atoms with Gasteiger partial charge in [-0.05, 0) is 54.8 Å². The molecule has 0 radical (unpaired) electrons. The number of sulfone groups is 1. The number of aliphatic carboxylic acids is 1. The summed E-state index contributed by atoms with van der Waals surface area (Å²) < 4.78 is 37.0. The molecule has 5 rings (SSSR count). The standard InChI is InChI=1S/C34H29ClN2O7S2/c35-26-13-16-28(17-14-26)46(41,42)18-6-10-24-12-15-27(43-21-32(38)39)19-30(24)36-33(40)29-11-5-4-9-25(29)20-44-34-37-31(22-45-34)23-7-2-1-3-8-23/h1-5,7-9,11-17,19,22H,6,10,18,20-21H2,(H,36,40)(H,38,39). The van der Waals surface area contributed by atoms with Crippen LogP contribution in [-0.2, 0) is 27.7 Å². The molecular weight excluding hydrogens is 648 g/mol. The number of rotatable bonds is 14. The van der Waals surface area contributed by atoms with Crippen molar-refractivity contribution in [2.45, 2.75) is 24.3 Å². The van der Waals surface area contributed by atoms with E-state index < -0.39 is 28.3 Å². The van der Waals surface area contributed by atoms with Gasteiger partial charge in [0.25, 0.3) is 11.1 Å². The second-order valence-corrected chi connectivity index (χ2v) is 13.5. The number of halogens is 1. The number of aromatic nitrogens is 1. The largest absolute Gasteiger partial charge is 0.482 e. The molecule has 9 nitrogen and oxygen atoms in total. The van der Waals surface area contributed by atoms with E-state index in [1.165, 1.54) is 41.7 Å². The van der Waals surface area contributed by atoms with E-state index in [0.717, 1.165) is 11.3 Å². The summed E-state index contributed by atoms with van der Waals surface area (Å²) in [5.41, 5.74) is 3.81. The van der Waals surface area contributed by atoms with Gasteiger partial charge in [0, 0.05) is 38.8 Å². The summed E-state index contributed by atoms with van der Waals surface area (Å²) in [6, 6.07) is 27.5. The molecule has 0 fully saturated rings. The van der Waals surface area contributed by atoms with Gasteiger partial charge in [-0.3, -0.25) is 4.79 Å². The van der Waals surface area contributed by atoms with E-state index in [-0.39, 0.29) is 29.4 Å². The minimum absolute atomic E-state index is 0.0997. The molecule has 0 saturated carbocycles. The van der Waals surface area contributed by atoms with E-state index in [0.29, 0.717) is 39.0 Å². The molecular formula is C34H29ClN2O7S2. The minimum Gasteiger partial charge on any atom is -0.482 e. The number of carbonyl (C=O) groups excluding carboxylic acids is 1. The van der Waals surface area contributed by atoms with Crippen molar-refractivity contribution in [3.63, 3.8) is 0 Å². The number of anilines is 1. The second kappa shape index (κ2) is 15.0. The summed E-state index contributed by atoms with van der Waals surface area (Å²) in [7, 11) is -3.56. The molecule has 0 saturated heterocycles. The topological polar surface area (TPSA) is 132 Å². The number of hydrogen-bond donors (Lipinski definition) is 2. The van der Waals surface area contributed by atoms with E-state index in [2.05, 4.69) is 10.3 Å². The number of ether oxygens (including phenoxy) is 2. The Morgan fingerprint density at radius 2 is 1.63 bits per heavy atom. The number of nitrogens with one attached hydrogen (secondary N) is 1. The van der Waals surface area contributed by atoms with Crippen LogP contribution in [0.25, 0.3) is 11.3 Å². The van der Waals surface area contributed by atoms with Crippen molar-refractivity contribution < 1.29 is 32.6 Å². The van der Waals surface area contributed by atoms with E-state index in [1.54, 1.807) is 36.4 Å². The Labute approximate surface area is 275 Å². The highest BCUT2D eigenvalue weighted by Gasteiger charge is 2.18. The van der Waals surface area contributed by atoms with E-state index in [9.17, 15) is 18.0 Å². The zero-order valence-corrected chi connectivity index (χ0v) is 26.8. The molecule has 0 unspecified atom stereocenters. The average molecular weight is 677 g/mol. The SMILES string of the molecule is O=C(O)COc1ccc(CCCS(=O)(=O)c2ccc(Cl)cc2)c(NC(=O)c2ccccc2COc2nc(-c3ccccc3)cs2)c1. The second-order valence-electron chi connectivity index (χ2n) is 10.1. The number of carboxylic acid groups (broad SMARTS) is 1. The van der Waals surface area contributed by atoms with Crippen LogP contribution in [0.3, 0.4) is 0 Å². The van der Waals surface area contributed by atoms with Gasteiger partial charge >= 0.3 is 5.97 Å². The zero-order valence-electron chi connectivity index (χ0n) is 24.4. The van der Waals surface area contributed by atoms with Crippen LogP contribution in [0.1, 0.15) is 27.9 Å². The lowest BCUT2D eigenvalue weighted by Crippen LogP contribution is -2.17. The van der Waals surface area contributed by atoms with Gasteiger partial charge in [0.15, 0.2) is 16.4 Å². The molecule has 5 aromatic rings. The monoisotopic (exact) mass is 676 g/mol. The Hall–Kier alpha value is -4.71. The maximum atomic E-state index is 13.6. The molecule has 1 heterocycles. The van der Waals surface area contributed by atoms with Crippen molar-refractivity contribution in [2.75, 3.05) is 17.7 Å². The summed E-state index contributed by atoms with van der Waals surface area (Å²) in [5, 5.41) is 14.8. The molecule has 4 aromatic carbocycles.